The Balaban J connectivity index is 2.97. The number of fused-ring (bicyclic) bond motifs is 1. The predicted molar refractivity (Wildman–Crippen MR) is 41.4 cm³/mol. The molecule has 0 aliphatic rings. The number of halogens is 3. The van der Waals surface area contributed by atoms with Crippen LogP contribution in [0.3, 0.4) is 0 Å². The van der Waals surface area contributed by atoms with Gasteiger partial charge < -0.3 is 0 Å². The van der Waals surface area contributed by atoms with Crippen LogP contribution < -0.4 is 0 Å². The fraction of sp³-hybridized carbons (Fsp3) is 0. The smallest absolute Gasteiger partial charge is 0.187 e. The largest absolute Gasteiger partial charge is 0.296 e. The van der Waals surface area contributed by atoms with Gasteiger partial charge in [-0.3, -0.25) is 9.89 Å². The summed E-state index contributed by atoms with van der Waals surface area (Å²) in [5.74, 6) is -3.63. The van der Waals surface area contributed by atoms with Crippen LogP contribution in [0.1, 0.15) is 10.5 Å². The SMILES string of the molecule is O=Cc1[nH]nc2c(F)c(F)cc(F)c12. The summed E-state index contributed by atoms with van der Waals surface area (Å²) in [7, 11) is 0. The number of H-pyrrole nitrogens is 1. The molecule has 0 aliphatic heterocycles. The van der Waals surface area contributed by atoms with Crippen LogP contribution in [0.4, 0.5) is 13.2 Å². The Morgan fingerprint density at radius 3 is 2.64 bits per heavy atom. The average Bonchev–Trinajstić information content (AvgIpc) is 2.58. The third kappa shape index (κ3) is 1.00. The Hall–Kier alpha value is -1.85. The lowest BCUT2D eigenvalue weighted by molar-refractivity contribution is 0.112. The minimum Gasteiger partial charge on any atom is -0.296 e. The van der Waals surface area contributed by atoms with E-state index in [0.717, 1.165) is 0 Å². The summed E-state index contributed by atoms with van der Waals surface area (Å²) < 4.78 is 38.7. The fourth-order valence-corrected chi connectivity index (χ4v) is 1.20. The molecule has 2 rings (SSSR count). The van der Waals surface area contributed by atoms with E-state index in [1.807, 2.05) is 0 Å². The maximum absolute atomic E-state index is 13.1. The summed E-state index contributed by atoms with van der Waals surface area (Å²) in [6.07, 6.45) is 0.287. The summed E-state index contributed by atoms with van der Waals surface area (Å²) >= 11 is 0. The molecule has 0 spiro atoms. The summed E-state index contributed by atoms with van der Waals surface area (Å²) in [6.45, 7) is 0. The molecule has 0 unspecified atom stereocenters. The van der Waals surface area contributed by atoms with Gasteiger partial charge in [-0.1, -0.05) is 0 Å². The third-order valence-corrected chi connectivity index (χ3v) is 1.82. The number of aromatic amines is 1. The Morgan fingerprint density at radius 1 is 1.29 bits per heavy atom. The van der Waals surface area contributed by atoms with Gasteiger partial charge in [0.2, 0.25) is 0 Å². The second kappa shape index (κ2) is 2.83. The highest BCUT2D eigenvalue weighted by atomic mass is 19.2. The molecular formula is C8H3F3N2O. The number of hydrogen-bond donors (Lipinski definition) is 1. The molecule has 0 saturated carbocycles. The lowest BCUT2D eigenvalue weighted by Gasteiger charge is -1.95. The number of aromatic nitrogens is 2. The molecule has 0 amide bonds. The van der Waals surface area contributed by atoms with E-state index in [9.17, 15) is 18.0 Å². The van der Waals surface area contributed by atoms with E-state index in [4.69, 9.17) is 0 Å². The lowest BCUT2D eigenvalue weighted by Crippen LogP contribution is -1.90. The van der Waals surface area contributed by atoms with Crippen LogP contribution in [0.2, 0.25) is 0 Å². The number of hydrogen-bond acceptors (Lipinski definition) is 2. The number of rotatable bonds is 1. The van der Waals surface area contributed by atoms with Gasteiger partial charge >= 0.3 is 0 Å². The number of nitrogens with one attached hydrogen (secondary N) is 1. The second-order valence-corrected chi connectivity index (χ2v) is 2.63. The van der Waals surface area contributed by atoms with E-state index in [0.29, 0.717) is 6.07 Å². The minimum absolute atomic E-state index is 0.212. The number of carbonyl (C=O) groups is 1. The summed E-state index contributed by atoms with van der Waals surface area (Å²) in [4.78, 5) is 10.4. The molecule has 0 atom stereocenters. The average molecular weight is 200 g/mol. The fourth-order valence-electron chi connectivity index (χ4n) is 1.20. The van der Waals surface area contributed by atoms with Crippen LogP contribution in [0.5, 0.6) is 0 Å². The van der Waals surface area contributed by atoms with Gasteiger partial charge in [-0.05, 0) is 0 Å². The van der Waals surface area contributed by atoms with Gasteiger partial charge in [0.1, 0.15) is 17.0 Å². The number of benzene rings is 1. The predicted octanol–water partition coefficient (Wildman–Crippen LogP) is 1.79. The van der Waals surface area contributed by atoms with E-state index in [1.165, 1.54) is 0 Å². The molecule has 72 valence electrons. The van der Waals surface area contributed by atoms with Crippen molar-refractivity contribution in [2.75, 3.05) is 0 Å². The summed E-state index contributed by atoms with van der Waals surface area (Å²) in [5.41, 5.74) is -0.721. The van der Waals surface area contributed by atoms with Gasteiger partial charge in [-0.15, -0.1) is 0 Å². The summed E-state index contributed by atoms with van der Waals surface area (Å²) in [5, 5.41) is 5.07. The Labute approximate surface area is 75.5 Å². The molecule has 0 radical (unpaired) electrons. The van der Waals surface area contributed by atoms with E-state index in [-0.39, 0.29) is 17.4 Å². The molecule has 1 heterocycles. The van der Waals surface area contributed by atoms with Crippen molar-refractivity contribution in [2.45, 2.75) is 0 Å². The first-order valence-corrected chi connectivity index (χ1v) is 3.62. The first kappa shape index (κ1) is 8.74. The summed E-state index contributed by atoms with van der Waals surface area (Å²) in [6, 6.07) is 0.375. The highest BCUT2D eigenvalue weighted by Crippen LogP contribution is 2.23. The maximum Gasteiger partial charge on any atom is 0.187 e. The van der Waals surface area contributed by atoms with Crippen LogP contribution in [0.15, 0.2) is 6.07 Å². The second-order valence-electron chi connectivity index (χ2n) is 2.63. The normalized spacial score (nSPS) is 10.8. The molecule has 0 fully saturated rings. The topological polar surface area (TPSA) is 45.8 Å². The van der Waals surface area contributed by atoms with Crippen LogP contribution >= 0.6 is 0 Å². The Kier molecular flexibility index (Phi) is 1.77. The molecule has 0 aliphatic carbocycles. The van der Waals surface area contributed by atoms with Gasteiger partial charge in [-0.2, -0.15) is 5.10 Å². The molecule has 1 N–H and O–H groups in total. The minimum atomic E-state index is -1.33. The van der Waals surface area contributed by atoms with Gasteiger partial charge in [0.25, 0.3) is 0 Å². The molecule has 14 heavy (non-hydrogen) atoms. The molecule has 6 heteroatoms. The quantitative estimate of drug-likeness (QED) is 0.563. The highest BCUT2D eigenvalue weighted by Gasteiger charge is 2.17. The van der Waals surface area contributed by atoms with E-state index in [2.05, 4.69) is 10.2 Å². The van der Waals surface area contributed by atoms with Crippen LogP contribution in [0.25, 0.3) is 10.9 Å². The number of nitrogens with zero attached hydrogens (tertiary/aromatic N) is 1. The van der Waals surface area contributed by atoms with Crippen molar-refractivity contribution < 1.29 is 18.0 Å². The zero-order valence-electron chi connectivity index (χ0n) is 6.64. The standard InChI is InChI=1S/C8H3F3N2O/c9-3-1-4(10)7(11)8-6(3)5(2-14)12-13-8/h1-2H,(H,12,13). The maximum atomic E-state index is 13.1. The van der Waals surface area contributed by atoms with Gasteiger partial charge in [-0.25, -0.2) is 13.2 Å². The van der Waals surface area contributed by atoms with E-state index in [1.54, 1.807) is 0 Å². The Bertz CT molecular complexity index is 521. The zero-order chi connectivity index (χ0) is 10.3. The monoisotopic (exact) mass is 200 g/mol. The number of aldehydes is 1. The lowest BCUT2D eigenvalue weighted by atomic mass is 10.2. The van der Waals surface area contributed by atoms with Crippen molar-refractivity contribution in [1.82, 2.24) is 10.2 Å². The first-order valence-electron chi connectivity index (χ1n) is 3.62. The van der Waals surface area contributed by atoms with E-state index < -0.39 is 23.0 Å². The zero-order valence-corrected chi connectivity index (χ0v) is 6.64. The molecule has 1 aromatic carbocycles. The van der Waals surface area contributed by atoms with Crippen LogP contribution in [0, 0.1) is 17.5 Å². The molecule has 0 saturated heterocycles. The van der Waals surface area contributed by atoms with Crippen LogP contribution in [-0.2, 0) is 0 Å². The Morgan fingerprint density at radius 2 is 2.00 bits per heavy atom. The van der Waals surface area contributed by atoms with Crippen molar-refractivity contribution >= 4 is 17.2 Å². The van der Waals surface area contributed by atoms with E-state index >= 15 is 0 Å². The van der Waals surface area contributed by atoms with Gasteiger partial charge in [0.15, 0.2) is 17.9 Å². The molecular weight excluding hydrogens is 197 g/mol. The molecule has 3 nitrogen and oxygen atoms in total. The van der Waals surface area contributed by atoms with Crippen molar-refractivity contribution in [1.29, 1.82) is 0 Å². The van der Waals surface area contributed by atoms with Crippen molar-refractivity contribution in [2.24, 2.45) is 0 Å². The van der Waals surface area contributed by atoms with Crippen molar-refractivity contribution in [3.63, 3.8) is 0 Å². The highest BCUT2D eigenvalue weighted by molar-refractivity contribution is 5.95. The van der Waals surface area contributed by atoms with Gasteiger partial charge in [0, 0.05) is 6.07 Å². The third-order valence-electron chi connectivity index (χ3n) is 1.82. The molecule has 2 aromatic rings. The van der Waals surface area contributed by atoms with Gasteiger partial charge in [0.05, 0.1) is 5.39 Å². The van der Waals surface area contributed by atoms with Crippen molar-refractivity contribution in [3.05, 3.63) is 29.2 Å². The molecule has 1 aromatic heterocycles. The number of carbonyl (C=O) groups excluding carboxylic acids is 1. The first-order chi connectivity index (χ1) is 6.65. The van der Waals surface area contributed by atoms with Crippen molar-refractivity contribution in [3.8, 4) is 0 Å². The van der Waals surface area contributed by atoms with Crippen LogP contribution in [-0.4, -0.2) is 16.5 Å². The molecule has 0 bridgehead atoms.